The van der Waals surface area contributed by atoms with Crippen molar-refractivity contribution in [3.05, 3.63) is 24.3 Å². The molecule has 4 N–H and O–H groups in total. The molecule has 2 atom stereocenters. The van der Waals surface area contributed by atoms with Crippen LogP contribution in [0.2, 0.25) is 0 Å². The highest BCUT2D eigenvalue weighted by Gasteiger charge is 2.34. The Hall–Kier alpha value is -1.75. The van der Waals surface area contributed by atoms with Crippen LogP contribution in [0.25, 0.3) is 0 Å². The zero-order valence-corrected chi connectivity index (χ0v) is 9.07. The summed E-state index contributed by atoms with van der Waals surface area (Å²) in [5, 5.41) is 5.50. The van der Waals surface area contributed by atoms with Gasteiger partial charge in [0.25, 0.3) is 0 Å². The van der Waals surface area contributed by atoms with Crippen LogP contribution in [0.5, 0.6) is 5.75 Å². The van der Waals surface area contributed by atoms with Crippen LogP contribution in [0.15, 0.2) is 24.3 Å². The minimum atomic E-state index is -0.219. The number of ether oxygens (including phenoxy) is 1. The third kappa shape index (κ3) is 2.64. The molecule has 1 aliphatic carbocycles. The second kappa shape index (κ2) is 4.40. The Bertz CT molecular complexity index is 377. The predicted molar refractivity (Wildman–Crippen MR) is 61.5 cm³/mol. The normalized spacial score (nSPS) is 22.4. The van der Waals surface area contributed by atoms with E-state index in [4.69, 9.17) is 10.5 Å². The summed E-state index contributed by atoms with van der Waals surface area (Å²) in [5.41, 5.74) is 6.32. The number of nitrogens with one attached hydrogen (secondary N) is 2. The summed E-state index contributed by atoms with van der Waals surface area (Å²) in [6.45, 7) is 0. The van der Waals surface area contributed by atoms with Gasteiger partial charge in [-0.2, -0.15) is 0 Å². The first-order valence-corrected chi connectivity index (χ1v) is 5.16. The number of anilines is 1. The second-order valence-electron chi connectivity index (χ2n) is 3.83. The van der Waals surface area contributed by atoms with E-state index in [1.165, 1.54) is 0 Å². The summed E-state index contributed by atoms with van der Waals surface area (Å²) in [6.07, 6.45) is 0.857. The van der Waals surface area contributed by atoms with Crippen LogP contribution < -0.4 is 21.1 Å². The van der Waals surface area contributed by atoms with Gasteiger partial charge in [-0.1, -0.05) is 0 Å². The average molecular weight is 221 g/mol. The first-order chi connectivity index (χ1) is 7.69. The van der Waals surface area contributed by atoms with Crippen molar-refractivity contribution in [2.45, 2.75) is 18.5 Å². The summed E-state index contributed by atoms with van der Waals surface area (Å²) >= 11 is 0. The Morgan fingerprint density at radius 1 is 1.44 bits per heavy atom. The number of methoxy groups -OCH3 is 1. The van der Waals surface area contributed by atoms with E-state index in [2.05, 4.69) is 10.6 Å². The monoisotopic (exact) mass is 221 g/mol. The lowest BCUT2D eigenvalue weighted by atomic mass is 10.3. The molecule has 5 nitrogen and oxygen atoms in total. The number of amides is 2. The van der Waals surface area contributed by atoms with Gasteiger partial charge < -0.3 is 21.1 Å². The Balaban J connectivity index is 1.85. The van der Waals surface area contributed by atoms with Crippen molar-refractivity contribution in [1.29, 1.82) is 0 Å². The topological polar surface area (TPSA) is 76.4 Å². The summed E-state index contributed by atoms with van der Waals surface area (Å²) in [7, 11) is 1.60. The van der Waals surface area contributed by atoms with Gasteiger partial charge in [-0.05, 0) is 30.7 Å². The van der Waals surface area contributed by atoms with Gasteiger partial charge in [-0.3, -0.25) is 0 Å². The molecule has 0 bridgehead atoms. The molecule has 5 heteroatoms. The Morgan fingerprint density at radius 2 is 2.06 bits per heavy atom. The fraction of sp³-hybridized carbons (Fsp3) is 0.364. The van der Waals surface area contributed by atoms with Crippen molar-refractivity contribution >= 4 is 11.7 Å². The van der Waals surface area contributed by atoms with Crippen LogP contribution in [0, 0.1) is 0 Å². The minimum absolute atomic E-state index is 0.113. The summed E-state index contributed by atoms with van der Waals surface area (Å²) in [6, 6.07) is 7.16. The van der Waals surface area contributed by atoms with Crippen LogP contribution >= 0.6 is 0 Å². The molecular formula is C11H15N3O2. The largest absolute Gasteiger partial charge is 0.497 e. The van der Waals surface area contributed by atoms with E-state index in [1.54, 1.807) is 31.4 Å². The molecule has 1 aliphatic rings. The van der Waals surface area contributed by atoms with Gasteiger partial charge in [0.15, 0.2) is 0 Å². The summed E-state index contributed by atoms with van der Waals surface area (Å²) in [4.78, 5) is 11.5. The van der Waals surface area contributed by atoms with Crippen LogP contribution in [0.1, 0.15) is 6.42 Å². The van der Waals surface area contributed by atoms with Gasteiger partial charge in [0.1, 0.15) is 5.75 Å². The fourth-order valence-corrected chi connectivity index (χ4v) is 1.39. The van der Waals surface area contributed by atoms with Crippen molar-refractivity contribution in [3.63, 3.8) is 0 Å². The molecule has 0 spiro atoms. The van der Waals surface area contributed by atoms with Gasteiger partial charge in [0.2, 0.25) is 0 Å². The molecule has 1 aromatic carbocycles. The SMILES string of the molecule is COc1ccc(NC(=O)NC2CC2N)cc1. The molecule has 2 amide bonds. The maximum atomic E-state index is 11.5. The number of carbonyl (C=O) groups is 1. The molecule has 86 valence electrons. The van der Waals surface area contributed by atoms with Gasteiger partial charge in [-0.15, -0.1) is 0 Å². The van der Waals surface area contributed by atoms with Gasteiger partial charge >= 0.3 is 6.03 Å². The third-order valence-corrected chi connectivity index (χ3v) is 2.50. The Kier molecular flexibility index (Phi) is 2.96. The summed E-state index contributed by atoms with van der Waals surface area (Å²) < 4.78 is 5.02. The standard InChI is InChI=1S/C11H15N3O2/c1-16-8-4-2-7(3-5-8)13-11(15)14-10-6-9(10)12/h2-5,9-10H,6,12H2,1H3,(H2,13,14,15). The second-order valence-corrected chi connectivity index (χ2v) is 3.83. The van der Waals surface area contributed by atoms with Gasteiger partial charge in [0.05, 0.1) is 7.11 Å². The van der Waals surface area contributed by atoms with E-state index in [0.29, 0.717) is 0 Å². The lowest BCUT2D eigenvalue weighted by Gasteiger charge is -2.07. The number of urea groups is 1. The zero-order chi connectivity index (χ0) is 11.5. The van der Waals surface area contributed by atoms with Crippen LogP contribution in [-0.2, 0) is 0 Å². The number of carbonyl (C=O) groups excluding carboxylic acids is 1. The van der Waals surface area contributed by atoms with Crippen molar-refractivity contribution in [2.24, 2.45) is 5.73 Å². The Labute approximate surface area is 94.0 Å². The molecule has 0 aromatic heterocycles. The lowest BCUT2D eigenvalue weighted by molar-refractivity contribution is 0.251. The van der Waals surface area contributed by atoms with E-state index in [9.17, 15) is 4.79 Å². The maximum Gasteiger partial charge on any atom is 0.319 e. The Morgan fingerprint density at radius 3 is 2.56 bits per heavy atom. The van der Waals surface area contributed by atoms with Crippen LogP contribution in [0.3, 0.4) is 0 Å². The third-order valence-electron chi connectivity index (χ3n) is 2.50. The number of hydrogen-bond acceptors (Lipinski definition) is 3. The first kappa shape index (κ1) is 10.8. The molecule has 1 aromatic rings. The molecule has 0 aliphatic heterocycles. The molecule has 16 heavy (non-hydrogen) atoms. The van der Waals surface area contributed by atoms with E-state index in [1.807, 2.05) is 0 Å². The lowest BCUT2D eigenvalue weighted by Crippen LogP contribution is -2.33. The maximum absolute atomic E-state index is 11.5. The smallest absolute Gasteiger partial charge is 0.319 e. The van der Waals surface area contributed by atoms with E-state index >= 15 is 0 Å². The quantitative estimate of drug-likeness (QED) is 0.710. The van der Waals surface area contributed by atoms with Crippen molar-refractivity contribution in [3.8, 4) is 5.75 Å². The molecule has 1 fully saturated rings. The van der Waals surface area contributed by atoms with E-state index in [0.717, 1.165) is 17.9 Å². The molecular weight excluding hydrogens is 206 g/mol. The predicted octanol–water partition coefficient (Wildman–Crippen LogP) is 0.916. The van der Waals surface area contributed by atoms with Crippen LogP contribution in [-0.4, -0.2) is 25.2 Å². The molecule has 0 radical (unpaired) electrons. The van der Waals surface area contributed by atoms with Crippen molar-refractivity contribution in [2.75, 3.05) is 12.4 Å². The summed E-state index contributed by atoms with van der Waals surface area (Å²) in [5.74, 6) is 0.759. The minimum Gasteiger partial charge on any atom is -0.497 e. The van der Waals surface area contributed by atoms with Gasteiger partial charge in [-0.25, -0.2) is 4.79 Å². The highest BCUT2D eigenvalue weighted by Crippen LogP contribution is 2.18. The van der Waals surface area contributed by atoms with Crippen molar-refractivity contribution < 1.29 is 9.53 Å². The van der Waals surface area contributed by atoms with Crippen molar-refractivity contribution in [1.82, 2.24) is 5.32 Å². The molecule has 0 heterocycles. The molecule has 0 saturated heterocycles. The van der Waals surface area contributed by atoms with E-state index in [-0.39, 0.29) is 18.1 Å². The highest BCUT2D eigenvalue weighted by molar-refractivity contribution is 5.89. The van der Waals surface area contributed by atoms with E-state index < -0.39 is 0 Å². The fourth-order valence-electron chi connectivity index (χ4n) is 1.39. The van der Waals surface area contributed by atoms with Crippen LogP contribution in [0.4, 0.5) is 10.5 Å². The number of benzene rings is 1. The molecule has 1 saturated carbocycles. The zero-order valence-electron chi connectivity index (χ0n) is 9.07. The number of nitrogens with two attached hydrogens (primary N) is 1. The highest BCUT2D eigenvalue weighted by atomic mass is 16.5. The molecule has 2 rings (SSSR count). The molecule has 2 unspecified atom stereocenters. The van der Waals surface area contributed by atoms with Gasteiger partial charge in [0, 0.05) is 17.8 Å². The average Bonchev–Trinajstić information content (AvgIpc) is 2.95. The number of rotatable bonds is 3. The first-order valence-electron chi connectivity index (χ1n) is 5.16. The number of hydrogen-bond donors (Lipinski definition) is 3.